The fourth-order valence-electron chi connectivity index (χ4n) is 3.29. The largest absolute Gasteiger partial charge is 0.411 e. The number of rotatable bonds is 6. The normalized spacial score (nSPS) is 27.4. The molecule has 0 amide bonds. The Morgan fingerprint density at radius 3 is 2.38 bits per heavy atom. The Bertz CT molecular complexity index is 401. The number of hydrogen-bond donors (Lipinski definition) is 2. The number of hydrogen-bond acceptors (Lipinski definition) is 5. The van der Waals surface area contributed by atoms with Crippen LogP contribution < -0.4 is 0 Å². The molecule has 24 heavy (non-hydrogen) atoms. The van der Waals surface area contributed by atoms with E-state index in [1.807, 2.05) is 0 Å². The minimum Gasteiger partial charge on any atom is -0.411 e. The zero-order chi connectivity index (χ0) is 18.0. The first-order valence-electron chi connectivity index (χ1n) is 9.37. The molecular formula is C18H36O5Si. The molecule has 2 N–H and O–H groups in total. The van der Waals surface area contributed by atoms with E-state index in [4.69, 9.17) is 13.9 Å². The zero-order valence-electron chi connectivity index (χ0n) is 16.0. The zero-order valence-corrected chi connectivity index (χ0v) is 17.0. The number of aliphatic hydroxyl groups is 2. The first-order valence-corrected chi connectivity index (χ1v) is 12.3. The van der Waals surface area contributed by atoms with Gasteiger partial charge in [-0.3, -0.25) is 0 Å². The van der Waals surface area contributed by atoms with Crippen LogP contribution in [0.15, 0.2) is 0 Å². The minimum atomic E-state index is -2.00. The van der Waals surface area contributed by atoms with Crippen molar-refractivity contribution in [1.29, 1.82) is 0 Å². The van der Waals surface area contributed by atoms with Gasteiger partial charge in [0.05, 0.1) is 25.4 Å². The second-order valence-electron chi connectivity index (χ2n) is 8.93. The van der Waals surface area contributed by atoms with E-state index in [-0.39, 0.29) is 23.9 Å². The van der Waals surface area contributed by atoms with E-state index in [2.05, 4.69) is 33.9 Å². The van der Waals surface area contributed by atoms with Gasteiger partial charge in [0.25, 0.3) is 0 Å². The summed E-state index contributed by atoms with van der Waals surface area (Å²) in [5.74, 6) is -0.442. The van der Waals surface area contributed by atoms with Gasteiger partial charge >= 0.3 is 0 Å². The van der Waals surface area contributed by atoms with E-state index in [0.717, 1.165) is 25.7 Å². The van der Waals surface area contributed by atoms with Gasteiger partial charge in [0.15, 0.2) is 14.1 Å². The maximum Gasteiger partial charge on any atom is 0.192 e. The molecule has 0 bridgehead atoms. The molecule has 0 aromatic carbocycles. The van der Waals surface area contributed by atoms with Gasteiger partial charge < -0.3 is 24.1 Å². The first kappa shape index (κ1) is 20.3. The van der Waals surface area contributed by atoms with E-state index < -0.39 is 20.2 Å². The Morgan fingerprint density at radius 2 is 1.83 bits per heavy atom. The van der Waals surface area contributed by atoms with Crippen LogP contribution in [-0.2, 0) is 13.9 Å². The van der Waals surface area contributed by atoms with Gasteiger partial charge in [0.1, 0.15) is 6.10 Å². The van der Waals surface area contributed by atoms with E-state index in [0.29, 0.717) is 13.0 Å². The Balaban J connectivity index is 2.09. The maximum absolute atomic E-state index is 9.98. The third-order valence-electron chi connectivity index (χ3n) is 5.87. The van der Waals surface area contributed by atoms with Gasteiger partial charge in [-0.1, -0.05) is 27.2 Å². The van der Waals surface area contributed by atoms with Crippen molar-refractivity contribution in [2.75, 3.05) is 13.2 Å². The summed E-state index contributed by atoms with van der Waals surface area (Å²) in [7, 11) is -2.00. The molecule has 0 aromatic heterocycles. The molecule has 1 spiro atoms. The number of ether oxygens (including phenoxy) is 2. The smallest absolute Gasteiger partial charge is 0.192 e. The topological polar surface area (TPSA) is 68.2 Å². The minimum absolute atomic E-state index is 0.0808. The first-order chi connectivity index (χ1) is 11.1. The molecule has 1 heterocycles. The molecule has 6 heteroatoms. The van der Waals surface area contributed by atoms with Crippen molar-refractivity contribution in [2.24, 2.45) is 0 Å². The van der Waals surface area contributed by atoms with Gasteiger partial charge in [-0.2, -0.15) is 0 Å². The average molecular weight is 361 g/mol. The molecule has 0 aromatic rings. The van der Waals surface area contributed by atoms with Crippen LogP contribution in [0, 0.1) is 0 Å². The lowest BCUT2D eigenvalue weighted by Gasteiger charge is -2.41. The summed E-state index contributed by atoms with van der Waals surface area (Å²) < 4.78 is 19.0. The summed E-state index contributed by atoms with van der Waals surface area (Å²) in [4.78, 5) is 0. The lowest BCUT2D eigenvalue weighted by Crippen LogP contribution is -2.49. The highest BCUT2D eigenvalue weighted by molar-refractivity contribution is 6.74. The predicted molar refractivity (Wildman–Crippen MR) is 96.4 cm³/mol. The molecule has 1 aliphatic carbocycles. The standard InChI is InChI=1S/C18H36O5Si/c1-17(2,3)24(4,5)23-15(11-14(20)12-19)16-13-21-18(22-16)9-7-6-8-10-18/h14-16,19-20H,6-13H2,1-5H3/t14-,15-,16+/m0/s1. The van der Waals surface area contributed by atoms with Gasteiger partial charge in [-0.15, -0.1) is 0 Å². The van der Waals surface area contributed by atoms with Gasteiger partial charge in [-0.05, 0) is 31.0 Å². The monoisotopic (exact) mass is 360 g/mol. The van der Waals surface area contributed by atoms with E-state index in [9.17, 15) is 10.2 Å². The van der Waals surface area contributed by atoms with E-state index in [1.165, 1.54) is 6.42 Å². The third-order valence-corrected chi connectivity index (χ3v) is 10.4. The van der Waals surface area contributed by atoms with Crippen LogP contribution in [0.4, 0.5) is 0 Å². The van der Waals surface area contributed by atoms with Crippen LogP contribution in [0.25, 0.3) is 0 Å². The molecule has 1 saturated heterocycles. The van der Waals surface area contributed by atoms with Gasteiger partial charge in [0.2, 0.25) is 0 Å². The van der Waals surface area contributed by atoms with Crippen molar-refractivity contribution >= 4 is 8.32 Å². The molecule has 2 aliphatic rings. The Labute approximate surface area is 147 Å². The van der Waals surface area contributed by atoms with Crippen molar-refractivity contribution in [3.8, 4) is 0 Å². The molecule has 2 fully saturated rings. The molecule has 1 aliphatic heterocycles. The maximum atomic E-state index is 9.98. The van der Waals surface area contributed by atoms with Crippen molar-refractivity contribution < 1.29 is 24.1 Å². The lowest BCUT2D eigenvalue weighted by atomic mass is 9.94. The second-order valence-corrected chi connectivity index (χ2v) is 13.7. The highest BCUT2D eigenvalue weighted by atomic mass is 28.4. The molecule has 3 atom stereocenters. The molecule has 142 valence electrons. The summed E-state index contributed by atoms with van der Waals surface area (Å²) in [6.45, 7) is 11.3. The van der Waals surface area contributed by atoms with Gasteiger partial charge in [-0.25, -0.2) is 0 Å². The van der Waals surface area contributed by atoms with Crippen molar-refractivity contribution in [1.82, 2.24) is 0 Å². The van der Waals surface area contributed by atoms with Crippen molar-refractivity contribution in [3.05, 3.63) is 0 Å². The van der Waals surface area contributed by atoms with Crippen molar-refractivity contribution in [2.45, 2.75) is 102 Å². The highest BCUT2D eigenvalue weighted by Gasteiger charge is 2.48. The molecule has 5 nitrogen and oxygen atoms in total. The molecule has 2 rings (SSSR count). The third kappa shape index (κ3) is 4.80. The van der Waals surface area contributed by atoms with E-state index in [1.54, 1.807) is 0 Å². The highest BCUT2D eigenvalue weighted by Crippen LogP contribution is 2.42. The fourth-order valence-corrected chi connectivity index (χ4v) is 4.65. The number of aliphatic hydroxyl groups excluding tert-OH is 2. The summed E-state index contributed by atoms with van der Waals surface area (Å²) in [6, 6.07) is 0. The summed E-state index contributed by atoms with van der Waals surface area (Å²) in [5, 5.41) is 19.3. The Morgan fingerprint density at radius 1 is 1.21 bits per heavy atom. The van der Waals surface area contributed by atoms with E-state index >= 15 is 0 Å². The predicted octanol–water partition coefficient (Wildman–Crippen LogP) is 3.20. The Kier molecular flexibility index (Phi) is 6.54. The second kappa shape index (κ2) is 7.72. The molecular weight excluding hydrogens is 324 g/mol. The lowest BCUT2D eigenvalue weighted by molar-refractivity contribution is -0.196. The average Bonchev–Trinajstić information content (AvgIpc) is 2.89. The Hall–Kier alpha value is 0.0169. The van der Waals surface area contributed by atoms with Crippen molar-refractivity contribution in [3.63, 3.8) is 0 Å². The molecule has 1 saturated carbocycles. The van der Waals surface area contributed by atoms with Crippen LogP contribution >= 0.6 is 0 Å². The van der Waals surface area contributed by atoms with Crippen LogP contribution in [-0.4, -0.2) is 55.8 Å². The SMILES string of the molecule is CC(C)(C)[Si](C)(C)O[C@@H](C[C@H](O)CO)[C@H]1COC2(CCCCC2)O1. The summed E-state index contributed by atoms with van der Waals surface area (Å²) in [5.41, 5.74) is 0. The molecule has 0 unspecified atom stereocenters. The van der Waals surface area contributed by atoms with Crippen LogP contribution in [0.2, 0.25) is 18.1 Å². The summed E-state index contributed by atoms with van der Waals surface area (Å²) in [6.07, 6.45) is 4.59. The molecule has 0 radical (unpaired) electrons. The fraction of sp³-hybridized carbons (Fsp3) is 1.00. The quantitative estimate of drug-likeness (QED) is 0.712. The van der Waals surface area contributed by atoms with Crippen LogP contribution in [0.1, 0.15) is 59.3 Å². The van der Waals surface area contributed by atoms with Crippen LogP contribution in [0.3, 0.4) is 0 Å². The van der Waals surface area contributed by atoms with Gasteiger partial charge in [0, 0.05) is 19.3 Å². The summed E-state index contributed by atoms with van der Waals surface area (Å²) >= 11 is 0. The van der Waals surface area contributed by atoms with Crippen LogP contribution in [0.5, 0.6) is 0 Å².